The lowest BCUT2D eigenvalue weighted by atomic mass is 10.1. The summed E-state index contributed by atoms with van der Waals surface area (Å²) in [6.45, 7) is 2.07. The van der Waals surface area contributed by atoms with Crippen LogP contribution < -0.4 is 11.2 Å². The van der Waals surface area contributed by atoms with Crippen molar-refractivity contribution in [2.45, 2.75) is 19.8 Å². The fraction of sp³-hybridized carbons (Fsp3) is 0.333. The zero-order chi connectivity index (χ0) is 12.4. The van der Waals surface area contributed by atoms with Gasteiger partial charge in [0.25, 0.3) is 0 Å². The molecule has 17 heavy (non-hydrogen) atoms. The van der Waals surface area contributed by atoms with Crippen LogP contribution >= 0.6 is 0 Å². The largest absolute Gasteiger partial charge is 0.384 e. The van der Waals surface area contributed by atoms with Crippen molar-refractivity contribution in [3.05, 3.63) is 34.2 Å². The third kappa shape index (κ3) is 1.95. The molecule has 0 aliphatic heterocycles. The number of pyridine rings is 1. The van der Waals surface area contributed by atoms with Crippen molar-refractivity contribution >= 4 is 5.82 Å². The molecule has 0 aliphatic rings. The normalized spacial score (nSPS) is 10.7. The summed E-state index contributed by atoms with van der Waals surface area (Å²) in [5.41, 5.74) is 8.13. The maximum atomic E-state index is 11.8. The first-order valence-electron chi connectivity index (χ1n) is 5.64. The van der Waals surface area contributed by atoms with Gasteiger partial charge in [0.2, 0.25) is 0 Å². The SMILES string of the molecule is CCCc1c(-c2c[nH]ccc2=O)nn(C)c1N. The number of H-pyrrole nitrogens is 1. The molecule has 3 N–H and O–H groups in total. The third-order valence-corrected chi connectivity index (χ3v) is 2.77. The number of aryl methyl sites for hydroxylation is 1. The quantitative estimate of drug-likeness (QED) is 0.837. The molecule has 0 unspecified atom stereocenters. The number of nitrogen functional groups attached to an aromatic ring is 1. The van der Waals surface area contributed by atoms with Gasteiger partial charge < -0.3 is 10.7 Å². The Bertz CT molecular complexity index is 582. The first-order chi connectivity index (χ1) is 8.15. The average Bonchev–Trinajstić information content (AvgIpc) is 2.58. The minimum Gasteiger partial charge on any atom is -0.384 e. The standard InChI is InChI=1S/C12H16N4O/c1-3-4-8-11(15-16(2)12(8)13)9-7-14-6-5-10(9)17/h5-7H,3-4,13H2,1-2H3,(H,14,17). The van der Waals surface area contributed by atoms with E-state index in [0.29, 0.717) is 17.1 Å². The van der Waals surface area contributed by atoms with Crippen LogP contribution in [-0.4, -0.2) is 14.8 Å². The molecule has 0 aromatic carbocycles. The minimum absolute atomic E-state index is 0.0424. The van der Waals surface area contributed by atoms with Crippen molar-refractivity contribution in [1.29, 1.82) is 0 Å². The molecule has 2 aromatic heterocycles. The smallest absolute Gasteiger partial charge is 0.191 e. The number of hydrogen-bond acceptors (Lipinski definition) is 3. The van der Waals surface area contributed by atoms with E-state index in [4.69, 9.17) is 5.73 Å². The Morgan fingerprint density at radius 2 is 2.29 bits per heavy atom. The number of rotatable bonds is 3. The summed E-state index contributed by atoms with van der Waals surface area (Å²) in [7, 11) is 1.79. The number of aromatic nitrogens is 3. The van der Waals surface area contributed by atoms with Crippen LogP contribution in [0.1, 0.15) is 18.9 Å². The number of nitrogens with one attached hydrogen (secondary N) is 1. The van der Waals surface area contributed by atoms with E-state index in [0.717, 1.165) is 18.4 Å². The van der Waals surface area contributed by atoms with E-state index in [2.05, 4.69) is 17.0 Å². The highest BCUT2D eigenvalue weighted by Crippen LogP contribution is 2.25. The molecular weight excluding hydrogens is 216 g/mol. The second kappa shape index (κ2) is 4.45. The van der Waals surface area contributed by atoms with Gasteiger partial charge in [-0.1, -0.05) is 13.3 Å². The highest BCUT2D eigenvalue weighted by atomic mass is 16.1. The lowest BCUT2D eigenvalue weighted by Crippen LogP contribution is -2.04. The van der Waals surface area contributed by atoms with Gasteiger partial charge in [-0.2, -0.15) is 5.10 Å². The molecule has 2 heterocycles. The van der Waals surface area contributed by atoms with Gasteiger partial charge in [0.1, 0.15) is 11.5 Å². The van der Waals surface area contributed by atoms with E-state index in [1.165, 1.54) is 6.07 Å². The average molecular weight is 232 g/mol. The fourth-order valence-corrected chi connectivity index (χ4v) is 1.89. The first kappa shape index (κ1) is 11.4. The molecular formula is C12H16N4O. The Hall–Kier alpha value is -2.04. The molecule has 0 radical (unpaired) electrons. The fourth-order valence-electron chi connectivity index (χ4n) is 1.89. The van der Waals surface area contributed by atoms with E-state index in [-0.39, 0.29) is 5.43 Å². The Morgan fingerprint density at radius 1 is 1.53 bits per heavy atom. The molecule has 90 valence electrons. The predicted molar refractivity (Wildman–Crippen MR) is 67.7 cm³/mol. The van der Waals surface area contributed by atoms with E-state index in [1.54, 1.807) is 24.1 Å². The van der Waals surface area contributed by atoms with E-state index in [9.17, 15) is 4.79 Å². The summed E-state index contributed by atoms with van der Waals surface area (Å²) in [5.74, 6) is 0.630. The highest BCUT2D eigenvalue weighted by molar-refractivity contribution is 5.67. The van der Waals surface area contributed by atoms with Gasteiger partial charge in [0, 0.05) is 31.1 Å². The van der Waals surface area contributed by atoms with Gasteiger partial charge in [-0.25, -0.2) is 0 Å². The van der Waals surface area contributed by atoms with Crippen LogP contribution in [0.3, 0.4) is 0 Å². The number of anilines is 1. The van der Waals surface area contributed by atoms with Gasteiger partial charge >= 0.3 is 0 Å². The van der Waals surface area contributed by atoms with Crippen LogP contribution in [0.5, 0.6) is 0 Å². The van der Waals surface area contributed by atoms with Gasteiger partial charge in [-0.05, 0) is 6.42 Å². The van der Waals surface area contributed by atoms with Gasteiger partial charge in [0.15, 0.2) is 5.43 Å². The van der Waals surface area contributed by atoms with Crippen LogP contribution in [-0.2, 0) is 13.5 Å². The number of nitrogens with two attached hydrogens (primary N) is 1. The Morgan fingerprint density at radius 3 is 2.94 bits per heavy atom. The lowest BCUT2D eigenvalue weighted by molar-refractivity contribution is 0.781. The molecule has 0 bridgehead atoms. The maximum Gasteiger partial charge on any atom is 0.191 e. The third-order valence-electron chi connectivity index (χ3n) is 2.77. The molecule has 0 aliphatic carbocycles. The van der Waals surface area contributed by atoms with Crippen molar-refractivity contribution in [3.8, 4) is 11.3 Å². The van der Waals surface area contributed by atoms with Crippen molar-refractivity contribution < 1.29 is 0 Å². The van der Waals surface area contributed by atoms with Crippen molar-refractivity contribution in [2.24, 2.45) is 7.05 Å². The molecule has 2 rings (SSSR count). The predicted octanol–water partition coefficient (Wildman–Crippen LogP) is 1.31. The molecule has 0 atom stereocenters. The molecule has 0 saturated heterocycles. The van der Waals surface area contributed by atoms with Crippen LogP contribution in [0.15, 0.2) is 23.3 Å². The summed E-state index contributed by atoms with van der Waals surface area (Å²) in [6, 6.07) is 1.50. The monoisotopic (exact) mass is 232 g/mol. The summed E-state index contributed by atoms with van der Waals surface area (Å²) >= 11 is 0. The second-order valence-corrected chi connectivity index (χ2v) is 4.01. The number of hydrogen-bond donors (Lipinski definition) is 2. The van der Waals surface area contributed by atoms with Crippen LogP contribution in [0.4, 0.5) is 5.82 Å². The number of aromatic amines is 1. The summed E-state index contributed by atoms with van der Waals surface area (Å²) < 4.78 is 1.62. The molecule has 0 amide bonds. The molecule has 2 aromatic rings. The Labute approximate surface area is 99.3 Å². The van der Waals surface area contributed by atoms with E-state index < -0.39 is 0 Å². The molecule has 5 heteroatoms. The molecule has 5 nitrogen and oxygen atoms in total. The number of nitrogens with zero attached hydrogens (tertiary/aromatic N) is 2. The summed E-state index contributed by atoms with van der Waals surface area (Å²) in [6.07, 6.45) is 5.07. The zero-order valence-corrected chi connectivity index (χ0v) is 10.0. The van der Waals surface area contributed by atoms with E-state index >= 15 is 0 Å². The molecule has 0 spiro atoms. The highest BCUT2D eigenvalue weighted by Gasteiger charge is 2.16. The lowest BCUT2D eigenvalue weighted by Gasteiger charge is -2.01. The second-order valence-electron chi connectivity index (χ2n) is 4.01. The Balaban J connectivity index is 2.63. The van der Waals surface area contributed by atoms with E-state index in [1.807, 2.05) is 0 Å². The van der Waals surface area contributed by atoms with Crippen LogP contribution in [0, 0.1) is 0 Å². The van der Waals surface area contributed by atoms with Crippen LogP contribution in [0.25, 0.3) is 11.3 Å². The molecule has 0 saturated carbocycles. The van der Waals surface area contributed by atoms with Crippen molar-refractivity contribution in [1.82, 2.24) is 14.8 Å². The zero-order valence-electron chi connectivity index (χ0n) is 10.0. The summed E-state index contributed by atoms with van der Waals surface area (Å²) in [5, 5.41) is 4.33. The van der Waals surface area contributed by atoms with Gasteiger partial charge in [-0.15, -0.1) is 0 Å². The van der Waals surface area contributed by atoms with Gasteiger partial charge in [0.05, 0.1) is 5.56 Å². The minimum atomic E-state index is -0.0424. The van der Waals surface area contributed by atoms with Crippen molar-refractivity contribution in [2.75, 3.05) is 5.73 Å². The first-order valence-corrected chi connectivity index (χ1v) is 5.64. The Kier molecular flexibility index (Phi) is 2.99. The van der Waals surface area contributed by atoms with Crippen molar-refractivity contribution in [3.63, 3.8) is 0 Å². The van der Waals surface area contributed by atoms with Crippen LogP contribution in [0.2, 0.25) is 0 Å². The summed E-state index contributed by atoms with van der Waals surface area (Å²) in [4.78, 5) is 14.7. The topological polar surface area (TPSA) is 76.7 Å². The maximum absolute atomic E-state index is 11.8. The van der Waals surface area contributed by atoms with Gasteiger partial charge in [-0.3, -0.25) is 9.48 Å². The molecule has 0 fully saturated rings.